The molecule has 17 heavy (non-hydrogen) atoms. The van der Waals surface area contributed by atoms with Gasteiger partial charge in [-0.15, -0.1) is 0 Å². The Hall–Kier alpha value is -1.75. The molecule has 1 unspecified atom stereocenters. The van der Waals surface area contributed by atoms with Crippen LogP contribution in [0.1, 0.15) is 30.1 Å². The summed E-state index contributed by atoms with van der Waals surface area (Å²) in [6.45, 7) is 0. The van der Waals surface area contributed by atoms with Crippen molar-refractivity contribution in [3.63, 3.8) is 0 Å². The van der Waals surface area contributed by atoms with E-state index in [1.807, 2.05) is 17.9 Å². The van der Waals surface area contributed by atoms with Crippen LogP contribution in [0.15, 0.2) is 24.8 Å². The highest BCUT2D eigenvalue weighted by Gasteiger charge is 2.23. The van der Waals surface area contributed by atoms with Gasteiger partial charge in [-0.25, -0.2) is 9.67 Å². The zero-order valence-electron chi connectivity index (χ0n) is 9.80. The lowest BCUT2D eigenvalue weighted by Crippen LogP contribution is -2.21. The SMILES string of the molecule is CNC1CCCc2c1cnn2-c1cnccn1. The van der Waals surface area contributed by atoms with Crippen LogP contribution in [0.25, 0.3) is 5.82 Å². The Bertz CT molecular complexity index is 505. The van der Waals surface area contributed by atoms with Crippen LogP contribution in [0.3, 0.4) is 0 Å². The van der Waals surface area contributed by atoms with Crippen LogP contribution in [0.5, 0.6) is 0 Å². The first-order valence-corrected chi connectivity index (χ1v) is 5.90. The topological polar surface area (TPSA) is 55.6 Å². The summed E-state index contributed by atoms with van der Waals surface area (Å²) in [5.41, 5.74) is 2.56. The van der Waals surface area contributed by atoms with Gasteiger partial charge >= 0.3 is 0 Å². The summed E-state index contributed by atoms with van der Waals surface area (Å²) in [7, 11) is 2.00. The van der Waals surface area contributed by atoms with E-state index in [0.29, 0.717) is 6.04 Å². The molecule has 1 N–H and O–H groups in total. The highest BCUT2D eigenvalue weighted by molar-refractivity contribution is 5.31. The summed E-state index contributed by atoms with van der Waals surface area (Å²) < 4.78 is 1.91. The first-order valence-electron chi connectivity index (χ1n) is 5.90. The lowest BCUT2D eigenvalue weighted by molar-refractivity contribution is 0.489. The standard InChI is InChI=1S/C12H15N5/c1-13-10-3-2-4-11-9(10)7-16-17(11)12-8-14-5-6-15-12/h5-8,10,13H,2-4H2,1H3. The van der Waals surface area contributed by atoms with Crippen molar-refractivity contribution < 1.29 is 0 Å². The molecule has 0 spiro atoms. The predicted molar refractivity (Wildman–Crippen MR) is 63.9 cm³/mol. The van der Waals surface area contributed by atoms with Crippen molar-refractivity contribution in [3.8, 4) is 5.82 Å². The summed E-state index contributed by atoms with van der Waals surface area (Å²) in [5, 5.41) is 7.78. The lowest BCUT2D eigenvalue weighted by atomic mass is 9.93. The molecule has 2 aromatic rings. The van der Waals surface area contributed by atoms with E-state index < -0.39 is 0 Å². The highest BCUT2D eigenvalue weighted by Crippen LogP contribution is 2.30. The van der Waals surface area contributed by atoms with E-state index in [2.05, 4.69) is 20.4 Å². The molecule has 3 rings (SSSR count). The molecule has 0 amide bonds. The van der Waals surface area contributed by atoms with E-state index in [-0.39, 0.29) is 0 Å². The van der Waals surface area contributed by atoms with Crippen LogP contribution in [0.4, 0.5) is 0 Å². The van der Waals surface area contributed by atoms with Crippen molar-refractivity contribution in [2.24, 2.45) is 0 Å². The van der Waals surface area contributed by atoms with E-state index >= 15 is 0 Å². The van der Waals surface area contributed by atoms with Crippen molar-refractivity contribution in [2.75, 3.05) is 7.05 Å². The Morgan fingerprint density at radius 1 is 1.35 bits per heavy atom. The van der Waals surface area contributed by atoms with Crippen LogP contribution in [0.2, 0.25) is 0 Å². The molecule has 1 atom stereocenters. The van der Waals surface area contributed by atoms with Crippen LogP contribution in [0, 0.1) is 0 Å². The zero-order valence-corrected chi connectivity index (χ0v) is 9.80. The van der Waals surface area contributed by atoms with E-state index in [1.54, 1.807) is 18.6 Å². The van der Waals surface area contributed by atoms with Crippen molar-refractivity contribution in [2.45, 2.75) is 25.3 Å². The maximum Gasteiger partial charge on any atom is 0.172 e. The Labute approximate surface area is 99.9 Å². The molecule has 0 radical (unpaired) electrons. The molecule has 1 aliphatic rings. The van der Waals surface area contributed by atoms with Crippen molar-refractivity contribution in [1.29, 1.82) is 0 Å². The van der Waals surface area contributed by atoms with Crippen molar-refractivity contribution in [3.05, 3.63) is 36.0 Å². The average molecular weight is 229 g/mol. The van der Waals surface area contributed by atoms with Gasteiger partial charge in [0.1, 0.15) is 0 Å². The smallest absolute Gasteiger partial charge is 0.172 e. The van der Waals surface area contributed by atoms with Gasteiger partial charge in [-0.3, -0.25) is 4.98 Å². The Kier molecular flexibility index (Phi) is 2.60. The maximum atomic E-state index is 4.44. The molecule has 5 heteroatoms. The molecule has 0 aliphatic heterocycles. The summed E-state index contributed by atoms with van der Waals surface area (Å²) in [4.78, 5) is 8.39. The quantitative estimate of drug-likeness (QED) is 0.842. The van der Waals surface area contributed by atoms with E-state index in [9.17, 15) is 0 Å². The van der Waals surface area contributed by atoms with Gasteiger partial charge in [-0.2, -0.15) is 5.10 Å². The molecule has 1 aliphatic carbocycles. The van der Waals surface area contributed by atoms with Gasteiger partial charge in [0.25, 0.3) is 0 Å². The van der Waals surface area contributed by atoms with E-state index in [4.69, 9.17) is 0 Å². The van der Waals surface area contributed by atoms with Gasteiger partial charge < -0.3 is 5.32 Å². The minimum Gasteiger partial charge on any atom is -0.313 e. The lowest BCUT2D eigenvalue weighted by Gasteiger charge is -2.22. The minimum atomic E-state index is 0.421. The summed E-state index contributed by atoms with van der Waals surface area (Å²) in [6, 6.07) is 0.421. The van der Waals surface area contributed by atoms with Gasteiger partial charge in [-0.1, -0.05) is 0 Å². The van der Waals surface area contributed by atoms with Crippen LogP contribution < -0.4 is 5.32 Å². The summed E-state index contributed by atoms with van der Waals surface area (Å²) in [6.07, 6.45) is 10.5. The Morgan fingerprint density at radius 2 is 2.29 bits per heavy atom. The second kappa shape index (κ2) is 4.25. The van der Waals surface area contributed by atoms with Crippen LogP contribution in [-0.4, -0.2) is 26.8 Å². The summed E-state index contributed by atoms with van der Waals surface area (Å²) >= 11 is 0. The number of rotatable bonds is 2. The molecule has 0 saturated carbocycles. The molecule has 2 aromatic heterocycles. The van der Waals surface area contributed by atoms with Crippen molar-refractivity contribution in [1.82, 2.24) is 25.1 Å². The molecule has 2 heterocycles. The maximum absolute atomic E-state index is 4.44. The van der Waals surface area contributed by atoms with Crippen LogP contribution in [-0.2, 0) is 6.42 Å². The van der Waals surface area contributed by atoms with Crippen LogP contribution >= 0.6 is 0 Å². The fraction of sp³-hybridized carbons (Fsp3) is 0.417. The molecule has 0 aromatic carbocycles. The number of nitrogens with one attached hydrogen (secondary N) is 1. The number of nitrogens with zero attached hydrogens (tertiary/aromatic N) is 4. The largest absolute Gasteiger partial charge is 0.313 e. The normalized spacial score (nSPS) is 19.0. The fourth-order valence-electron chi connectivity index (χ4n) is 2.45. The minimum absolute atomic E-state index is 0.421. The van der Waals surface area contributed by atoms with E-state index in [0.717, 1.165) is 12.2 Å². The molecule has 0 fully saturated rings. The first kappa shape index (κ1) is 10.4. The third-order valence-electron chi connectivity index (χ3n) is 3.30. The first-order chi connectivity index (χ1) is 8.40. The van der Waals surface area contributed by atoms with E-state index in [1.165, 1.54) is 24.1 Å². The second-order valence-electron chi connectivity index (χ2n) is 4.26. The average Bonchev–Trinajstić information content (AvgIpc) is 2.83. The number of hydrogen-bond acceptors (Lipinski definition) is 4. The Balaban J connectivity index is 2.06. The van der Waals surface area contributed by atoms with Gasteiger partial charge in [-0.05, 0) is 26.3 Å². The van der Waals surface area contributed by atoms with Crippen molar-refractivity contribution >= 4 is 0 Å². The Morgan fingerprint density at radius 3 is 3.06 bits per heavy atom. The third kappa shape index (κ3) is 1.72. The molecule has 88 valence electrons. The molecule has 5 nitrogen and oxygen atoms in total. The monoisotopic (exact) mass is 229 g/mol. The molecular formula is C12H15N5. The number of aromatic nitrogens is 4. The highest BCUT2D eigenvalue weighted by atomic mass is 15.3. The molecule has 0 saturated heterocycles. The number of hydrogen-bond donors (Lipinski definition) is 1. The molecular weight excluding hydrogens is 214 g/mol. The van der Waals surface area contributed by atoms with Gasteiger partial charge in [0.2, 0.25) is 0 Å². The van der Waals surface area contributed by atoms with Gasteiger partial charge in [0, 0.05) is 24.0 Å². The fourth-order valence-corrected chi connectivity index (χ4v) is 2.45. The zero-order chi connectivity index (χ0) is 11.7. The second-order valence-corrected chi connectivity index (χ2v) is 4.26. The molecule has 0 bridgehead atoms. The summed E-state index contributed by atoms with van der Waals surface area (Å²) in [5.74, 6) is 0.797. The predicted octanol–water partition coefficient (Wildman–Crippen LogP) is 1.26. The number of fused-ring (bicyclic) bond motifs is 1. The third-order valence-corrected chi connectivity index (χ3v) is 3.30. The van der Waals surface area contributed by atoms with Gasteiger partial charge in [0.05, 0.1) is 18.1 Å². The van der Waals surface area contributed by atoms with Gasteiger partial charge in [0.15, 0.2) is 5.82 Å².